The average Bonchev–Trinajstić information content (AvgIpc) is 2.34. The summed E-state index contributed by atoms with van der Waals surface area (Å²) in [6.45, 7) is 0. The van der Waals surface area contributed by atoms with Gasteiger partial charge in [0.25, 0.3) is 0 Å². The van der Waals surface area contributed by atoms with Crippen LogP contribution >= 0.6 is 0 Å². The molecule has 3 nitrogen and oxygen atoms in total. The van der Waals surface area contributed by atoms with E-state index in [-0.39, 0.29) is 0 Å². The molecule has 0 radical (unpaired) electrons. The molecule has 1 rings (SSSR count). The monoisotopic (exact) mass is 125 g/mol. The van der Waals surface area contributed by atoms with E-state index in [1.165, 1.54) is 6.21 Å². The minimum atomic E-state index is 0.545. The van der Waals surface area contributed by atoms with Gasteiger partial charge in [-0.1, -0.05) is 0 Å². The molecule has 0 bridgehead atoms. The maximum absolute atomic E-state index is 7.99. The Balaban J connectivity index is 2.48. The Morgan fingerprint density at radius 2 is 2.67 bits per heavy atom. The number of rotatable bonds is 2. The Kier molecular flexibility index (Phi) is 1.90. The van der Waals surface area contributed by atoms with Gasteiger partial charge in [0, 0.05) is 6.42 Å². The molecule has 0 unspecified atom stereocenters. The zero-order valence-corrected chi connectivity index (χ0v) is 4.82. The number of oxime groups is 1. The van der Waals surface area contributed by atoms with Gasteiger partial charge < -0.3 is 9.62 Å². The molecule has 48 valence electrons. The molecule has 9 heavy (non-hydrogen) atoms. The molecule has 0 aliphatic rings. The molecule has 1 aromatic rings. The van der Waals surface area contributed by atoms with Crippen LogP contribution in [0.15, 0.2) is 28.0 Å². The second kappa shape index (κ2) is 2.91. The minimum Gasteiger partial charge on any atom is -0.469 e. The van der Waals surface area contributed by atoms with Crippen LogP contribution in [0.1, 0.15) is 5.76 Å². The Morgan fingerprint density at radius 3 is 3.22 bits per heavy atom. The highest BCUT2D eigenvalue weighted by molar-refractivity contribution is 5.59. The lowest BCUT2D eigenvalue weighted by molar-refractivity contribution is 0.320. The van der Waals surface area contributed by atoms with Crippen LogP contribution in [0, 0.1) is 0 Å². The number of nitrogens with zero attached hydrogens (tertiary/aromatic N) is 1. The van der Waals surface area contributed by atoms with Crippen LogP contribution in [0.3, 0.4) is 0 Å². The molecule has 0 aliphatic carbocycles. The summed E-state index contributed by atoms with van der Waals surface area (Å²) in [6, 6.07) is 3.61. The third kappa shape index (κ3) is 1.60. The van der Waals surface area contributed by atoms with E-state index in [0.717, 1.165) is 5.76 Å². The van der Waals surface area contributed by atoms with E-state index in [1.807, 2.05) is 6.07 Å². The molecular weight excluding hydrogens is 118 g/mol. The first kappa shape index (κ1) is 5.88. The van der Waals surface area contributed by atoms with Gasteiger partial charge in [0.1, 0.15) is 5.76 Å². The van der Waals surface area contributed by atoms with E-state index in [1.54, 1.807) is 12.3 Å². The quantitative estimate of drug-likeness (QED) is 0.367. The second-order valence-electron chi connectivity index (χ2n) is 1.58. The van der Waals surface area contributed by atoms with Gasteiger partial charge in [-0.2, -0.15) is 0 Å². The summed E-state index contributed by atoms with van der Waals surface area (Å²) in [4.78, 5) is 0. The third-order valence-corrected chi connectivity index (χ3v) is 0.954. The van der Waals surface area contributed by atoms with Crippen molar-refractivity contribution >= 4 is 6.21 Å². The van der Waals surface area contributed by atoms with Gasteiger partial charge in [-0.25, -0.2) is 0 Å². The van der Waals surface area contributed by atoms with Crippen LogP contribution in [0.5, 0.6) is 0 Å². The summed E-state index contributed by atoms with van der Waals surface area (Å²) in [5, 5.41) is 10.8. The van der Waals surface area contributed by atoms with Gasteiger partial charge in [0.15, 0.2) is 0 Å². The van der Waals surface area contributed by atoms with Crippen molar-refractivity contribution in [2.45, 2.75) is 6.42 Å². The predicted molar refractivity (Wildman–Crippen MR) is 32.7 cm³/mol. The fourth-order valence-corrected chi connectivity index (χ4v) is 0.560. The van der Waals surface area contributed by atoms with E-state index >= 15 is 0 Å². The van der Waals surface area contributed by atoms with Gasteiger partial charge in [0.05, 0.1) is 12.5 Å². The normalized spacial score (nSPS) is 10.7. The third-order valence-electron chi connectivity index (χ3n) is 0.954. The summed E-state index contributed by atoms with van der Waals surface area (Å²) in [6.07, 6.45) is 3.50. The second-order valence-corrected chi connectivity index (χ2v) is 1.58. The number of furan rings is 1. The Bertz CT molecular complexity index is 179. The molecule has 0 aromatic carbocycles. The first-order valence-corrected chi connectivity index (χ1v) is 2.62. The van der Waals surface area contributed by atoms with Crippen LogP contribution in [-0.4, -0.2) is 11.4 Å². The maximum Gasteiger partial charge on any atom is 0.109 e. The van der Waals surface area contributed by atoms with Crippen molar-refractivity contribution in [3.05, 3.63) is 24.2 Å². The van der Waals surface area contributed by atoms with E-state index < -0.39 is 0 Å². The van der Waals surface area contributed by atoms with Gasteiger partial charge >= 0.3 is 0 Å². The van der Waals surface area contributed by atoms with Crippen LogP contribution in [-0.2, 0) is 6.42 Å². The maximum atomic E-state index is 7.99. The molecule has 1 heterocycles. The van der Waals surface area contributed by atoms with Gasteiger partial charge in [0.2, 0.25) is 0 Å². The number of hydrogen-bond acceptors (Lipinski definition) is 3. The Morgan fingerprint density at radius 1 is 1.78 bits per heavy atom. The van der Waals surface area contributed by atoms with E-state index in [0.29, 0.717) is 6.42 Å². The lowest BCUT2D eigenvalue weighted by Gasteiger charge is -1.82. The van der Waals surface area contributed by atoms with Crippen molar-refractivity contribution in [3.63, 3.8) is 0 Å². The molecule has 0 saturated heterocycles. The minimum absolute atomic E-state index is 0.545. The van der Waals surface area contributed by atoms with Gasteiger partial charge in [-0.05, 0) is 12.1 Å². The molecule has 3 heteroatoms. The Hall–Kier alpha value is -1.25. The van der Waals surface area contributed by atoms with E-state index in [9.17, 15) is 0 Å². The summed E-state index contributed by atoms with van der Waals surface area (Å²) in [7, 11) is 0. The smallest absolute Gasteiger partial charge is 0.109 e. The van der Waals surface area contributed by atoms with Crippen LogP contribution in [0.25, 0.3) is 0 Å². The molecule has 0 fully saturated rings. The first-order valence-electron chi connectivity index (χ1n) is 2.62. The number of hydrogen-bond donors (Lipinski definition) is 1. The fourth-order valence-electron chi connectivity index (χ4n) is 0.560. The highest BCUT2D eigenvalue weighted by Crippen LogP contribution is 1.98. The molecule has 0 amide bonds. The molecule has 1 aromatic heterocycles. The van der Waals surface area contributed by atoms with Crippen LogP contribution in [0.4, 0.5) is 0 Å². The lowest BCUT2D eigenvalue weighted by atomic mass is 10.3. The van der Waals surface area contributed by atoms with Crippen molar-refractivity contribution < 1.29 is 9.62 Å². The molecule has 0 atom stereocenters. The van der Waals surface area contributed by atoms with Crippen LogP contribution < -0.4 is 0 Å². The Labute approximate surface area is 52.6 Å². The van der Waals surface area contributed by atoms with Crippen molar-refractivity contribution in [1.82, 2.24) is 0 Å². The average molecular weight is 125 g/mol. The summed E-state index contributed by atoms with van der Waals surface area (Å²) < 4.78 is 4.93. The topological polar surface area (TPSA) is 45.7 Å². The summed E-state index contributed by atoms with van der Waals surface area (Å²) in [5.74, 6) is 0.799. The predicted octanol–water partition coefficient (Wildman–Crippen LogP) is 1.28. The van der Waals surface area contributed by atoms with E-state index in [4.69, 9.17) is 9.62 Å². The lowest BCUT2D eigenvalue weighted by Crippen LogP contribution is -1.80. The molecule has 1 N–H and O–H groups in total. The molecule has 0 saturated carbocycles. The zero-order chi connectivity index (χ0) is 6.53. The van der Waals surface area contributed by atoms with Gasteiger partial charge in [-0.15, -0.1) is 5.16 Å². The van der Waals surface area contributed by atoms with Crippen molar-refractivity contribution in [3.8, 4) is 0 Å². The summed E-state index contributed by atoms with van der Waals surface area (Å²) in [5.41, 5.74) is 0. The fraction of sp³-hybridized carbons (Fsp3) is 0.167. The molecular formula is C6H7NO2. The van der Waals surface area contributed by atoms with Crippen molar-refractivity contribution in [2.75, 3.05) is 0 Å². The highest BCUT2D eigenvalue weighted by atomic mass is 16.4. The van der Waals surface area contributed by atoms with Crippen LogP contribution in [0.2, 0.25) is 0 Å². The SMILES string of the molecule is ON=CCc1ccco1. The largest absolute Gasteiger partial charge is 0.469 e. The summed E-state index contributed by atoms with van der Waals surface area (Å²) >= 11 is 0. The first-order chi connectivity index (χ1) is 4.43. The highest BCUT2D eigenvalue weighted by Gasteiger charge is 1.88. The van der Waals surface area contributed by atoms with Gasteiger partial charge in [-0.3, -0.25) is 0 Å². The molecule has 0 aliphatic heterocycles. The zero-order valence-electron chi connectivity index (χ0n) is 4.82. The van der Waals surface area contributed by atoms with Crippen molar-refractivity contribution in [1.29, 1.82) is 0 Å². The molecule has 0 spiro atoms. The van der Waals surface area contributed by atoms with E-state index in [2.05, 4.69) is 5.16 Å². The van der Waals surface area contributed by atoms with Crippen molar-refractivity contribution in [2.24, 2.45) is 5.16 Å². The standard InChI is InChI=1S/C6H7NO2/c8-7-4-3-6-2-1-5-9-6/h1-2,4-5,8H,3H2.